The first-order chi connectivity index (χ1) is 40.2. The molecule has 4 aromatic heterocycles. The fraction of sp³-hybridized carbons (Fsp3) is 0. The van der Waals surface area contributed by atoms with Gasteiger partial charge in [-0.2, -0.15) is 4.57 Å². The van der Waals surface area contributed by atoms with Gasteiger partial charge >= 0.3 is 0 Å². The van der Waals surface area contributed by atoms with Crippen LogP contribution in [0.2, 0.25) is 0 Å². The van der Waals surface area contributed by atoms with E-state index in [2.05, 4.69) is 281 Å². The zero-order valence-corrected chi connectivity index (χ0v) is 44.5. The molecule has 0 spiro atoms. The van der Waals surface area contributed by atoms with Crippen LogP contribution in [0.5, 0.6) is 0 Å². The zero-order chi connectivity index (χ0) is 52.9. The van der Waals surface area contributed by atoms with E-state index in [4.69, 9.17) is 4.98 Å². The minimum Gasteiger partial charge on any atom is -0.309 e. The van der Waals surface area contributed by atoms with E-state index in [9.17, 15) is 0 Å². The molecule has 0 bridgehead atoms. The highest BCUT2D eigenvalue weighted by atomic mass is 32.1. The van der Waals surface area contributed by atoms with Crippen LogP contribution in [0, 0.1) is 0 Å². The summed E-state index contributed by atoms with van der Waals surface area (Å²) in [5.41, 5.74) is 14.8. The molecule has 0 unspecified atom stereocenters. The summed E-state index contributed by atoms with van der Waals surface area (Å²) in [5, 5.41) is 19.8. The summed E-state index contributed by atoms with van der Waals surface area (Å²) in [6.45, 7) is 0. The van der Waals surface area contributed by atoms with Gasteiger partial charge in [-0.15, -0.1) is 11.3 Å². The molecule has 0 saturated carbocycles. The third kappa shape index (κ3) is 6.46. The summed E-state index contributed by atoms with van der Waals surface area (Å²) in [6, 6.07) is 96.7. The van der Waals surface area contributed by atoms with Crippen molar-refractivity contribution in [1.82, 2.24) is 14.1 Å². The lowest BCUT2D eigenvalue weighted by molar-refractivity contribution is -0.565. The van der Waals surface area contributed by atoms with E-state index in [1.54, 1.807) is 0 Å². The van der Waals surface area contributed by atoms with Crippen molar-refractivity contribution in [2.45, 2.75) is 0 Å². The molecule has 0 aliphatic heterocycles. The molecular formula is C76H45N4S+. The van der Waals surface area contributed by atoms with Crippen molar-refractivity contribution in [2.24, 2.45) is 0 Å². The second-order valence-electron chi connectivity index (χ2n) is 21.6. The quantitative estimate of drug-likeness (QED) is 0.125. The molecule has 18 aromatic rings. The van der Waals surface area contributed by atoms with Gasteiger partial charge in [-0.25, -0.2) is 4.98 Å². The number of fused-ring (bicyclic) bond motifs is 21. The Morgan fingerprint density at radius 2 is 0.778 bits per heavy atom. The molecule has 0 aliphatic carbocycles. The monoisotopic (exact) mass is 1050 g/mol. The van der Waals surface area contributed by atoms with Gasteiger partial charge in [0.05, 0.1) is 39.0 Å². The van der Waals surface area contributed by atoms with E-state index in [1.807, 2.05) is 17.5 Å². The van der Waals surface area contributed by atoms with Crippen LogP contribution in [0.1, 0.15) is 0 Å². The van der Waals surface area contributed by atoms with E-state index in [1.165, 1.54) is 113 Å². The lowest BCUT2D eigenvalue weighted by atomic mass is 9.91. The average molecular weight is 1050 g/mol. The number of aromatic nitrogens is 4. The fourth-order valence-corrected chi connectivity index (χ4v) is 14.9. The highest BCUT2D eigenvalue weighted by molar-refractivity contribution is 7.25. The normalized spacial score (nSPS) is 12.2. The SMILES string of the molecule is c1cc(-c2ccc3c4ccccc4c4ccccc4c3c2)cc(-c2ccc3c4ccccc4c4c(ncc[n+]4-c4cccc5c4c4ccccc4n5-c4ccc5c(c4)c4ccccc4n5-c4ccc5sc6ccccc6c5c4)c3c2)c1. The molecule has 4 heterocycles. The number of nitrogens with zero attached hydrogens (tertiary/aromatic N) is 4. The molecule has 0 saturated heterocycles. The van der Waals surface area contributed by atoms with Crippen molar-refractivity contribution in [1.29, 1.82) is 0 Å². The Morgan fingerprint density at radius 3 is 1.51 bits per heavy atom. The maximum atomic E-state index is 5.29. The van der Waals surface area contributed by atoms with Crippen molar-refractivity contribution >= 4 is 140 Å². The molecule has 0 fully saturated rings. The van der Waals surface area contributed by atoms with Crippen molar-refractivity contribution in [3.05, 3.63) is 273 Å². The van der Waals surface area contributed by atoms with Crippen LogP contribution in [-0.2, 0) is 0 Å². The number of hydrogen-bond acceptors (Lipinski definition) is 2. The molecule has 4 nitrogen and oxygen atoms in total. The van der Waals surface area contributed by atoms with Crippen LogP contribution in [-0.4, -0.2) is 14.1 Å². The molecule has 0 radical (unpaired) electrons. The molecular weight excluding hydrogens is 1000 g/mol. The molecule has 0 N–H and O–H groups in total. The van der Waals surface area contributed by atoms with E-state index >= 15 is 0 Å². The molecule has 18 rings (SSSR count). The van der Waals surface area contributed by atoms with Crippen molar-refractivity contribution in [3.63, 3.8) is 0 Å². The summed E-state index contributed by atoms with van der Waals surface area (Å²) in [7, 11) is 0. The Bertz CT molecular complexity index is 5710. The van der Waals surface area contributed by atoms with Gasteiger partial charge in [0.15, 0.2) is 6.20 Å². The lowest BCUT2D eigenvalue weighted by Crippen LogP contribution is -2.32. The van der Waals surface area contributed by atoms with Gasteiger partial charge in [0, 0.05) is 59.2 Å². The second-order valence-corrected chi connectivity index (χ2v) is 22.7. The Hall–Kier alpha value is -10.5. The highest BCUT2D eigenvalue weighted by Crippen LogP contribution is 2.43. The fourth-order valence-electron chi connectivity index (χ4n) is 13.8. The second kappa shape index (κ2) is 17.0. The minimum atomic E-state index is 0.965. The standard InChI is InChI=1S/C76H45N4S/c1-2-19-54-52(17-1)53-18-3-4-21-56(53)63-42-48(31-35-57(54)63)46-15-13-16-47(41-46)49-32-36-58-55-20-5-6-24-61(55)76-75(66(58)43-49)77-39-40-78(76)70-28-14-29-71-74(70)62-25-8-11-27-68(62)80(71)50-33-37-69-64(44-50)59-22-7-10-26-67(59)79(69)51-34-38-73-65(45-51)60-23-9-12-30-72(60)81-73/h1-45H/q+1. The first kappa shape index (κ1) is 44.5. The van der Waals surface area contributed by atoms with Gasteiger partial charge in [0.1, 0.15) is 5.52 Å². The number of hydrogen-bond donors (Lipinski definition) is 0. The highest BCUT2D eigenvalue weighted by Gasteiger charge is 2.26. The molecule has 0 amide bonds. The van der Waals surface area contributed by atoms with Crippen molar-refractivity contribution in [3.8, 4) is 39.3 Å². The Kier molecular flexibility index (Phi) is 9.35. The summed E-state index contributed by atoms with van der Waals surface area (Å²) in [5.74, 6) is 0. The van der Waals surface area contributed by atoms with Gasteiger partial charge in [-0.1, -0.05) is 170 Å². The third-order valence-electron chi connectivity index (χ3n) is 17.4. The summed E-state index contributed by atoms with van der Waals surface area (Å²) < 4.78 is 9.92. The van der Waals surface area contributed by atoms with Crippen LogP contribution >= 0.6 is 11.3 Å². The third-order valence-corrected chi connectivity index (χ3v) is 18.5. The van der Waals surface area contributed by atoms with E-state index < -0.39 is 0 Å². The number of rotatable bonds is 5. The van der Waals surface area contributed by atoms with Crippen LogP contribution in [0.15, 0.2) is 273 Å². The van der Waals surface area contributed by atoms with Crippen LogP contribution in [0.4, 0.5) is 0 Å². The predicted molar refractivity (Wildman–Crippen MR) is 343 cm³/mol. The molecule has 5 heteroatoms. The lowest BCUT2D eigenvalue weighted by Gasteiger charge is -2.13. The number of benzene rings is 14. The van der Waals surface area contributed by atoms with Gasteiger partial charge in [0.25, 0.3) is 0 Å². The van der Waals surface area contributed by atoms with Crippen molar-refractivity contribution in [2.75, 3.05) is 0 Å². The molecule has 0 aliphatic rings. The Labute approximate surface area is 468 Å². The first-order valence-corrected chi connectivity index (χ1v) is 28.6. The average Bonchev–Trinajstić information content (AvgIpc) is 4.43. The molecule has 14 aromatic carbocycles. The number of thiophene rings is 1. The largest absolute Gasteiger partial charge is 0.309 e. The minimum absolute atomic E-state index is 0.965. The molecule has 81 heavy (non-hydrogen) atoms. The van der Waals surface area contributed by atoms with Gasteiger partial charge in [0.2, 0.25) is 11.2 Å². The van der Waals surface area contributed by atoms with Gasteiger partial charge in [-0.05, 0) is 150 Å². The summed E-state index contributed by atoms with van der Waals surface area (Å²) in [6.07, 6.45) is 4.14. The first-order valence-electron chi connectivity index (χ1n) is 27.8. The Morgan fingerprint density at radius 1 is 0.296 bits per heavy atom. The van der Waals surface area contributed by atoms with Crippen LogP contribution < -0.4 is 4.57 Å². The van der Waals surface area contributed by atoms with E-state index in [-0.39, 0.29) is 0 Å². The molecule has 0 atom stereocenters. The van der Waals surface area contributed by atoms with Crippen molar-refractivity contribution < 1.29 is 4.57 Å². The van der Waals surface area contributed by atoms with Crippen LogP contribution in [0.25, 0.3) is 168 Å². The Balaban J connectivity index is 0.797. The smallest absolute Gasteiger partial charge is 0.245 e. The maximum absolute atomic E-state index is 5.29. The van der Waals surface area contributed by atoms with Crippen LogP contribution in [0.3, 0.4) is 0 Å². The zero-order valence-electron chi connectivity index (χ0n) is 43.7. The number of para-hydroxylation sites is 2. The topological polar surface area (TPSA) is 26.6 Å². The van der Waals surface area contributed by atoms with E-state index in [0.29, 0.717) is 0 Å². The predicted octanol–water partition coefficient (Wildman–Crippen LogP) is 20.2. The summed E-state index contributed by atoms with van der Waals surface area (Å²) in [4.78, 5) is 5.29. The van der Waals surface area contributed by atoms with Gasteiger partial charge < -0.3 is 9.13 Å². The van der Waals surface area contributed by atoms with Gasteiger partial charge in [-0.3, -0.25) is 0 Å². The van der Waals surface area contributed by atoms with E-state index in [0.717, 1.165) is 55.3 Å². The molecule has 374 valence electrons. The summed E-state index contributed by atoms with van der Waals surface area (Å²) >= 11 is 1.86. The maximum Gasteiger partial charge on any atom is 0.245 e.